The van der Waals surface area contributed by atoms with Gasteiger partial charge in [-0.25, -0.2) is 0 Å². The minimum Gasteiger partial charge on any atom is -0.310 e. The van der Waals surface area contributed by atoms with E-state index in [1.807, 2.05) is 0 Å². The van der Waals surface area contributed by atoms with E-state index in [0.717, 1.165) is 17.2 Å². The Labute approximate surface area is 93.4 Å². The van der Waals surface area contributed by atoms with Gasteiger partial charge >= 0.3 is 0 Å². The standard InChI is InChI=1S/C12H25NS/c1-5-11(6-2)10(4)13-12-7-9(3)14-8-12/h9-13H,5-8H2,1-4H3. The molecule has 3 unspecified atom stereocenters. The fraction of sp³-hybridized carbons (Fsp3) is 1.00. The summed E-state index contributed by atoms with van der Waals surface area (Å²) in [7, 11) is 0. The van der Waals surface area contributed by atoms with Crippen molar-refractivity contribution in [1.29, 1.82) is 0 Å². The molecule has 0 aromatic rings. The van der Waals surface area contributed by atoms with Crippen molar-refractivity contribution in [2.24, 2.45) is 5.92 Å². The summed E-state index contributed by atoms with van der Waals surface area (Å²) in [5.74, 6) is 2.17. The second-order valence-corrected chi connectivity index (χ2v) is 6.08. The van der Waals surface area contributed by atoms with Crippen molar-refractivity contribution in [2.45, 2.75) is 64.3 Å². The Bertz CT molecular complexity index is 156. The Balaban J connectivity index is 2.28. The van der Waals surface area contributed by atoms with E-state index in [-0.39, 0.29) is 0 Å². The molecule has 0 aromatic carbocycles. The van der Waals surface area contributed by atoms with Gasteiger partial charge in [0, 0.05) is 23.1 Å². The predicted molar refractivity (Wildman–Crippen MR) is 67.0 cm³/mol. The number of hydrogen-bond acceptors (Lipinski definition) is 2. The molecule has 1 rings (SSSR count). The van der Waals surface area contributed by atoms with Crippen molar-refractivity contribution < 1.29 is 0 Å². The van der Waals surface area contributed by atoms with Crippen molar-refractivity contribution in [3.8, 4) is 0 Å². The molecule has 0 aromatic heterocycles. The molecule has 1 saturated heterocycles. The quantitative estimate of drug-likeness (QED) is 0.755. The first-order valence-corrected chi connectivity index (χ1v) is 7.09. The van der Waals surface area contributed by atoms with Gasteiger partial charge < -0.3 is 5.32 Å². The maximum atomic E-state index is 3.79. The first-order chi connectivity index (χ1) is 6.67. The zero-order valence-corrected chi connectivity index (χ0v) is 10.9. The summed E-state index contributed by atoms with van der Waals surface area (Å²) in [4.78, 5) is 0. The molecule has 1 aliphatic rings. The molecule has 0 saturated carbocycles. The third-order valence-corrected chi connectivity index (χ3v) is 4.81. The highest BCUT2D eigenvalue weighted by Gasteiger charge is 2.24. The molecule has 1 heterocycles. The first-order valence-electron chi connectivity index (χ1n) is 6.05. The molecule has 14 heavy (non-hydrogen) atoms. The van der Waals surface area contributed by atoms with Crippen LogP contribution in [0.4, 0.5) is 0 Å². The van der Waals surface area contributed by atoms with E-state index < -0.39 is 0 Å². The molecule has 1 nitrogen and oxygen atoms in total. The lowest BCUT2D eigenvalue weighted by molar-refractivity contribution is 0.327. The Hall–Kier alpha value is 0.310. The summed E-state index contributed by atoms with van der Waals surface area (Å²) in [6, 6.07) is 1.46. The van der Waals surface area contributed by atoms with Crippen LogP contribution in [-0.4, -0.2) is 23.1 Å². The third kappa shape index (κ3) is 3.47. The first kappa shape index (κ1) is 12.4. The second kappa shape index (κ2) is 6.02. The van der Waals surface area contributed by atoms with Gasteiger partial charge in [-0.2, -0.15) is 11.8 Å². The van der Waals surface area contributed by atoms with Gasteiger partial charge in [0.15, 0.2) is 0 Å². The van der Waals surface area contributed by atoms with Crippen molar-refractivity contribution >= 4 is 11.8 Å². The van der Waals surface area contributed by atoms with E-state index >= 15 is 0 Å². The van der Waals surface area contributed by atoms with Crippen LogP contribution in [0.15, 0.2) is 0 Å². The van der Waals surface area contributed by atoms with E-state index in [1.54, 1.807) is 0 Å². The van der Waals surface area contributed by atoms with Gasteiger partial charge in [0.05, 0.1) is 0 Å². The average Bonchev–Trinajstić information content (AvgIpc) is 2.53. The van der Waals surface area contributed by atoms with Gasteiger partial charge in [-0.3, -0.25) is 0 Å². The van der Waals surface area contributed by atoms with Crippen LogP contribution >= 0.6 is 11.8 Å². The van der Waals surface area contributed by atoms with E-state index in [4.69, 9.17) is 0 Å². The normalized spacial score (nSPS) is 29.8. The Morgan fingerprint density at radius 3 is 2.43 bits per heavy atom. The summed E-state index contributed by atoms with van der Waals surface area (Å²) in [6.07, 6.45) is 3.97. The second-order valence-electron chi connectivity index (χ2n) is 4.61. The lowest BCUT2D eigenvalue weighted by Gasteiger charge is -2.25. The molecule has 1 aliphatic heterocycles. The maximum absolute atomic E-state index is 3.79. The lowest BCUT2D eigenvalue weighted by Crippen LogP contribution is -2.40. The van der Waals surface area contributed by atoms with E-state index in [1.165, 1.54) is 25.0 Å². The minimum absolute atomic E-state index is 0.695. The summed E-state index contributed by atoms with van der Waals surface area (Å²) >= 11 is 2.11. The molecule has 1 fully saturated rings. The number of thioether (sulfide) groups is 1. The van der Waals surface area contributed by atoms with Crippen molar-refractivity contribution in [3.63, 3.8) is 0 Å². The molecule has 2 heteroatoms. The third-order valence-electron chi connectivity index (χ3n) is 3.45. The highest BCUT2D eigenvalue weighted by atomic mass is 32.2. The fourth-order valence-electron chi connectivity index (χ4n) is 2.44. The molecule has 84 valence electrons. The van der Waals surface area contributed by atoms with Crippen LogP contribution < -0.4 is 5.32 Å². The average molecular weight is 215 g/mol. The molecule has 3 atom stereocenters. The zero-order valence-electron chi connectivity index (χ0n) is 10.0. The van der Waals surface area contributed by atoms with Crippen molar-refractivity contribution in [1.82, 2.24) is 5.32 Å². The SMILES string of the molecule is CCC(CC)C(C)NC1CSC(C)C1. The minimum atomic E-state index is 0.695. The Morgan fingerprint density at radius 1 is 1.36 bits per heavy atom. The molecule has 0 radical (unpaired) electrons. The van der Waals surface area contributed by atoms with Crippen LogP contribution in [0.5, 0.6) is 0 Å². The highest BCUT2D eigenvalue weighted by Crippen LogP contribution is 2.27. The summed E-state index contributed by atoms with van der Waals surface area (Å²) in [5, 5.41) is 4.65. The number of nitrogens with one attached hydrogen (secondary N) is 1. The molecule has 0 bridgehead atoms. The van der Waals surface area contributed by atoms with Gasteiger partial charge in [-0.05, 0) is 19.3 Å². The number of hydrogen-bond donors (Lipinski definition) is 1. The van der Waals surface area contributed by atoms with E-state index in [2.05, 4.69) is 44.8 Å². The van der Waals surface area contributed by atoms with Crippen LogP contribution in [0, 0.1) is 5.92 Å². The predicted octanol–water partition coefficient (Wildman–Crippen LogP) is 3.29. The summed E-state index contributed by atoms with van der Waals surface area (Å²) < 4.78 is 0. The van der Waals surface area contributed by atoms with Crippen LogP contribution in [0.1, 0.15) is 47.0 Å². The maximum Gasteiger partial charge on any atom is 0.0171 e. The van der Waals surface area contributed by atoms with Gasteiger partial charge in [-0.15, -0.1) is 0 Å². The number of rotatable bonds is 5. The topological polar surface area (TPSA) is 12.0 Å². The van der Waals surface area contributed by atoms with E-state index in [9.17, 15) is 0 Å². The largest absolute Gasteiger partial charge is 0.310 e. The lowest BCUT2D eigenvalue weighted by atomic mass is 9.94. The fourth-order valence-corrected chi connectivity index (χ4v) is 3.60. The van der Waals surface area contributed by atoms with Crippen LogP contribution in [0.3, 0.4) is 0 Å². The van der Waals surface area contributed by atoms with Crippen molar-refractivity contribution in [2.75, 3.05) is 5.75 Å². The molecule has 1 N–H and O–H groups in total. The Morgan fingerprint density at radius 2 is 2.00 bits per heavy atom. The molecular weight excluding hydrogens is 190 g/mol. The summed E-state index contributed by atoms with van der Waals surface area (Å²) in [5.41, 5.74) is 0. The monoisotopic (exact) mass is 215 g/mol. The molecular formula is C12H25NS. The zero-order chi connectivity index (χ0) is 10.6. The van der Waals surface area contributed by atoms with Crippen LogP contribution in [-0.2, 0) is 0 Å². The van der Waals surface area contributed by atoms with Gasteiger partial charge in [0.1, 0.15) is 0 Å². The smallest absolute Gasteiger partial charge is 0.0171 e. The molecule has 0 amide bonds. The molecule has 0 aliphatic carbocycles. The van der Waals surface area contributed by atoms with Gasteiger partial charge in [-0.1, -0.05) is 33.6 Å². The highest BCUT2D eigenvalue weighted by molar-refractivity contribution is 8.00. The van der Waals surface area contributed by atoms with Gasteiger partial charge in [0.2, 0.25) is 0 Å². The van der Waals surface area contributed by atoms with Gasteiger partial charge in [0.25, 0.3) is 0 Å². The molecule has 0 spiro atoms. The van der Waals surface area contributed by atoms with Crippen LogP contribution in [0.2, 0.25) is 0 Å². The van der Waals surface area contributed by atoms with Crippen molar-refractivity contribution in [3.05, 3.63) is 0 Å². The van der Waals surface area contributed by atoms with Crippen LogP contribution in [0.25, 0.3) is 0 Å². The Kier molecular flexibility index (Phi) is 5.32. The van der Waals surface area contributed by atoms with E-state index in [0.29, 0.717) is 6.04 Å². The summed E-state index contributed by atoms with van der Waals surface area (Å²) in [6.45, 7) is 9.30.